The van der Waals surface area contributed by atoms with Gasteiger partial charge in [0.05, 0.1) is 18.3 Å². The lowest BCUT2D eigenvalue weighted by molar-refractivity contribution is -0.133. The molecular weight excluding hydrogens is 262 g/mol. The molecule has 110 valence electrons. The molecular formula is C17H21N3O. The second-order valence-electron chi connectivity index (χ2n) is 4.97. The van der Waals surface area contributed by atoms with Gasteiger partial charge in [-0.25, -0.2) is 0 Å². The van der Waals surface area contributed by atoms with Crippen molar-refractivity contribution in [1.29, 1.82) is 0 Å². The smallest absolute Gasteiger partial charge is 0.240 e. The summed E-state index contributed by atoms with van der Waals surface area (Å²) in [6.45, 7) is 3.08. The van der Waals surface area contributed by atoms with Gasteiger partial charge in [-0.2, -0.15) is 0 Å². The number of carbonyl (C=O) groups excluding carboxylic acids is 1. The van der Waals surface area contributed by atoms with Crippen molar-refractivity contribution >= 4 is 5.91 Å². The number of likely N-dealkylation sites (N-methyl/N-ethyl adjacent to an activating group) is 1. The number of nitrogens with two attached hydrogens (primary N) is 1. The highest BCUT2D eigenvalue weighted by atomic mass is 16.2. The Morgan fingerprint density at radius 1 is 1.19 bits per heavy atom. The molecule has 1 amide bonds. The van der Waals surface area contributed by atoms with Crippen LogP contribution in [0, 0.1) is 0 Å². The number of aromatic nitrogens is 1. The zero-order valence-corrected chi connectivity index (χ0v) is 12.3. The predicted octanol–water partition coefficient (Wildman–Crippen LogP) is 2.00. The Morgan fingerprint density at radius 3 is 2.52 bits per heavy atom. The molecule has 0 fully saturated rings. The molecule has 0 spiro atoms. The first-order valence-corrected chi connectivity index (χ1v) is 7.19. The van der Waals surface area contributed by atoms with Gasteiger partial charge in [-0.05, 0) is 31.0 Å². The van der Waals surface area contributed by atoms with Gasteiger partial charge in [0.15, 0.2) is 0 Å². The summed E-state index contributed by atoms with van der Waals surface area (Å²) >= 11 is 0. The number of rotatable bonds is 6. The first-order chi connectivity index (χ1) is 10.2. The van der Waals surface area contributed by atoms with E-state index >= 15 is 0 Å². The summed E-state index contributed by atoms with van der Waals surface area (Å²) in [5, 5.41) is 0. The van der Waals surface area contributed by atoms with E-state index in [0.29, 0.717) is 19.5 Å². The van der Waals surface area contributed by atoms with Crippen molar-refractivity contribution in [2.75, 3.05) is 6.54 Å². The van der Waals surface area contributed by atoms with Gasteiger partial charge in [-0.3, -0.25) is 9.78 Å². The van der Waals surface area contributed by atoms with E-state index in [4.69, 9.17) is 5.73 Å². The molecule has 0 aliphatic heterocycles. The predicted molar refractivity (Wildman–Crippen MR) is 83.4 cm³/mol. The second-order valence-corrected chi connectivity index (χ2v) is 4.97. The fourth-order valence-electron chi connectivity index (χ4n) is 2.22. The van der Waals surface area contributed by atoms with Crippen molar-refractivity contribution in [3.63, 3.8) is 0 Å². The number of nitrogens with zero attached hydrogens (tertiary/aromatic N) is 2. The maximum atomic E-state index is 12.5. The third kappa shape index (κ3) is 4.39. The fourth-order valence-corrected chi connectivity index (χ4v) is 2.22. The molecule has 0 bridgehead atoms. The van der Waals surface area contributed by atoms with E-state index in [-0.39, 0.29) is 5.91 Å². The van der Waals surface area contributed by atoms with Crippen molar-refractivity contribution in [1.82, 2.24) is 9.88 Å². The van der Waals surface area contributed by atoms with Crippen molar-refractivity contribution < 1.29 is 4.79 Å². The van der Waals surface area contributed by atoms with Crippen LogP contribution in [-0.4, -0.2) is 28.4 Å². The highest BCUT2D eigenvalue weighted by molar-refractivity contribution is 5.81. The molecule has 0 aliphatic rings. The van der Waals surface area contributed by atoms with Gasteiger partial charge in [0, 0.05) is 12.7 Å². The van der Waals surface area contributed by atoms with Crippen LogP contribution >= 0.6 is 0 Å². The monoisotopic (exact) mass is 283 g/mol. The normalized spacial score (nSPS) is 11.9. The lowest BCUT2D eigenvalue weighted by Crippen LogP contribution is -2.44. The molecule has 0 saturated heterocycles. The number of pyridine rings is 1. The molecule has 21 heavy (non-hydrogen) atoms. The molecule has 1 aromatic carbocycles. The van der Waals surface area contributed by atoms with Crippen LogP contribution in [0.1, 0.15) is 18.2 Å². The largest absolute Gasteiger partial charge is 0.336 e. The van der Waals surface area contributed by atoms with Crippen molar-refractivity contribution in [3.8, 4) is 0 Å². The van der Waals surface area contributed by atoms with Gasteiger partial charge in [-0.15, -0.1) is 0 Å². The van der Waals surface area contributed by atoms with E-state index in [2.05, 4.69) is 4.98 Å². The summed E-state index contributed by atoms with van der Waals surface area (Å²) in [7, 11) is 0. The summed E-state index contributed by atoms with van der Waals surface area (Å²) in [5.74, 6) is -0.0352. The SMILES string of the molecule is CCN(Cc1ccccn1)C(=O)C(N)Cc1ccccc1. The Hall–Kier alpha value is -2.20. The summed E-state index contributed by atoms with van der Waals surface area (Å²) < 4.78 is 0. The first-order valence-electron chi connectivity index (χ1n) is 7.19. The maximum Gasteiger partial charge on any atom is 0.240 e. The zero-order valence-electron chi connectivity index (χ0n) is 12.3. The van der Waals surface area contributed by atoms with Gasteiger partial charge in [-0.1, -0.05) is 36.4 Å². The molecule has 4 nitrogen and oxygen atoms in total. The van der Waals surface area contributed by atoms with Crippen molar-refractivity contribution in [2.45, 2.75) is 25.9 Å². The average molecular weight is 283 g/mol. The molecule has 2 aromatic rings. The first kappa shape index (κ1) is 15.2. The Morgan fingerprint density at radius 2 is 1.90 bits per heavy atom. The van der Waals surface area contributed by atoms with E-state index < -0.39 is 6.04 Å². The highest BCUT2D eigenvalue weighted by Gasteiger charge is 2.20. The molecule has 1 heterocycles. The van der Waals surface area contributed by atoms with Crippen LogP contribution < -0.4 is 5.73 Å². The van der Waals surface area contributed by atoms with E-state index in [1.54, 1.807) is 11.1 Å². The average Bonchev–Trinajstić information content (AvgIpc) is 2.54. The van der Waals surface area contributed by atoms with Gasteiger partial charge in [0.2, 0.25) is 5.91 Å². The molecule has 2 rings (SSSR count). The molecule has 1 atom stereocenters. The van der Waals surface area contributed by atoms with Crippen LogP contribution in [0.4, 0.5) is 0 Å². The molecule has 0 radical (unpaired) electrons. The maximum absolute atomic E-state index is 12.5. The van der Waals surface area contributed by atoms with Gasteiger partial charge >= 0.3 is 0 Å². The second kappa shape index (κ2) is 7.55. The molecule has 4 heteroatoms. The lowest BCUT2D eigenvalue weighted by atomic mass is 10.1. The van der Waals surface area contributed by atoms with Gasteiger partial charge in [0.1, 0.15) is 0 Å². The highest BCUT2D eigenvalue weighted by Crippen LogP contribution is 2.07. The standard InChI is InChI=1S/C17H21N3O/c1-2-20(13-15-10-6-7-11-19-15)17(21)16(18)12-14-8-4-3-5-9-14/h3-11,16H,2,12-13,18H2,1H3. The zero-order chi connectivity index (χ0) is 15.1. The van der Waals surface area contributed by atoms with Gasteiger partial charge < -0.3 is 10.6 Å². The molecule has 1 unspecified atom stereocenters. The van der Waals surface area contributed by atoms with Crippen molar-refractivity contribution in [2.24, 2.45) is 5.73 Å². The van der Waals surface area contributed by atoms with Crippen LogP contribution in [-0.2, 0) is 17.8 Å². The third-order valence-corrected chi connectivity index (χ3v) is 3.39. The van der Waals surface area contributed by atoms with E-state index in [0.717, 1.165) is 11.3 Å². The van der Waals surface area contributed by atoms with E-state index in [1.165, 1.54) is 0 Å². The fraction of sp³-hybridized carbons (Fsp3) is 0.294. The van der Waals surface area contributed by atoms with E-state index in [9.17, 15) is 4.79 Å². The van der Waals surface area contributed by atoms with Crippen LogP contribution in [0.3, 0.4) is 0 Å². The number of hydrogen-bond acceptors (Lipinski definition) is 3. The Kier molecular flexibility index (Phi) is 5.46. The molecule has 2 N–H and O–H groups in total. The summed E-state index contributed by atoms with van der Waals surface area (Å²) in [6.07, 6.45) is 2.29. The van der Waals surface area contributed by atoms with Crippen LogP contribution in [0.2, 0.25) is 0 Å². The third-order valence-electron chi connectivity index (χ3n) is 3.39. The van der Waals surface area contributed by atoms with Crippen LogP contribution in [0.15, 0.2) is 54.7 Å². The topological polar surface area (TPSA) is 59.2 Å². The summed E-state index contributed by atoms with van der Waals surface area (Å²) in [5.41, 5.74) is 8.02. The number of benzene rings is 1. The quantitative estimate of drug-likeness (QED) is 0.882. The summed E-state index contributed by atoms with van der Waals surface area (Å²) in [4.78, 5) is 18.5. The van der Waals surface area contributed by atoms with E-state index in [1.807, 2.05) is 55.5 Å². The number of carbonyl (C=O) groups is 1. The Balaban J connectivity index is 1.99. The minimum Gasteiger partial charge on any atom is -0.336 e. The van der Waals surface area contributed by atoms with Crippen LogP contribution in [0.25, 0.3) is 0 Å². The minimum atomic E-state index is -0.518. The lowest BCUT2D eigenvalue weighted by Gasteiger charge is -2.24. The molecule has 0 saturated carbocycles. The summed E-state index contributed by atoms with van der Waals surface area (Å²) in [6, 6.07) is 15.0. The number of amides is 1. The minimum absolute atomic E-state index is 0.0352. The Labute approximate surface area is 125 Å². The molecule has 1 aromatic heterocycles. The van der Waals surface area contributed by atoms with Crippen molar-refractivity contribution in [3.05, 3.63) is 66.0 Å². The van der Waals surface area contributed by atoms with Crippen LogP contribution in [0.5, 0.6) is 0 Å². The Bertz CT molecular complexity index is 557. The number of hydrogen-bond donors (Lipinski definition) is 1. The molecule has 0 aliphatic carbocycles. The van der Waals surface area contributed by atoms with Gasteiger partial charge in [0.25, 0.3) is 0 Å².